The molecule has 1 aromatic rings. The Balaban J connectivity index is 3.21. The number of benzene rings is 1. The van der Waals surface area contributed by atoms with Gasteiger partial charge in [-0.1, -0.05) is 43.0 Å². The van der Waals surface area contributed by atoms with E-state index in [1.807, 2.05) is 24.3 Å². The summed E-state index contributed by atoms with van der Waals surface area (Å²) in [6.45, 7) is 7.40. The second-order valence-electron chi connectivity index (χ2n) is 3.00. The molecule has 0 aliphatic carbocycles. The van der Waals surface area contributed by atoms with Crippen LogP contribution in [0.3, 0.4) is 0 Å². The zero-order valence-corrected chi connectivity index (χ0v) is 8.03. The standard InChI is InChI=1S/C12H14N2/c1-3-9-7-5-6-8-11(9)10(4-2)12(13)14/h3-8,10H,1-2H2,(H3,13,14). The highest BCUT2D eigenvalue weighted by Crippen LogP contribution is 2.21. The van der Waals surface area contributed by atoms with Gasteiger partial charge >= 0.3 is 0 Å². The second-order valence-corrected chi connectivity index (χ2v) is 3.00. The van der Waals surface area contributed by atoms with Crippen molar-refractivity contribution in [1.29, 1.82) is 5.41 Å². The van der Waals surface area contributed by atoms with E-state index in [1.54, 1.807) is 12.2 Å². The van der Waals surface area contributed by atoms with Gasteiger partial charge in [-0.3, -0.25) is 5.41 Å². The van der Waals surface area contributed by atoms with Gasteiger partial charge in [-0.25, -0.2) is 0 Å². The summed E-state index contributed by atoms with van der Waals surface area (Å²) in [5.41, 5.74) is 7.45. The molecule has 0 aliphatic rings. The van der Waals surface area contributed by atoms with Gasteiger partial charge < -0.3 is 5.73 Å². The smallest absolute Gasteiger partial charge is 0.102 e. The minimum absolute atomic E-state index is 0.106. The Morgan fingerprint density at radius 2 is 2.00 bits per heavy atom. The van der Waals surface area contributed by atoms with Crippen molar-refractivity contribution < 1.29 is 0 Å². The Labute approximate surface area is 84.3 Å². The van der Waals surface area contributed by atoms with Gasteiger partial charge in [0.05, 0.1) is 5.92 Å². The molecule has 1 rings (SSSR count). The van der Waals surface area contributed by atoms with E-state index < -0.39 is 0 Å². The molecule has 0 radical (unpaired) electrons. The van der Waals surface area contributed by atoms with Crippen LogP contribution in [-0.4, -0.2) is 5.84 Å². The molecule has 72 valence electrons. The summed E-state index contributed by atoms with van der Waals surface area (Å²) >= 11 is 0. The summed E-state index contributed by atoms with van der Waals surface area (Å²) in [5.74, 6) is -0.112. The van der Waals surface area contributed by atoms with Crippen LogP contribution in [0, 0.1) is 5.41 Å². The summed E-state index contributed by atoms with van der Waals surface area (Å²) in [4.78, 5) is 0. The van der Waals surface area contributed by atoms with E-state index in [0.29, 0.717) is 0 Å². The van der Waals surface area contributed by atoms with Crippen molar-refractivity contribution in [3.05, 3.63) is 54.6 Å². The number of rotatable bonds is 4. The molecule has 1 aromatic carbocycles. The van der Waals surface area contributed by atoms with Crippen LogP contribution < -0.4 is 5.73 Å². The van der Waals surface area contributed by atoms with Crippen molar-refractivity contribution in [3.63, 3.8) is 0 Å². The second kappa shape index (κ2) is 4.42. The van der Waals surface area contributed by atoms with E-state index in [-0.39, 0.29) is 11.8 Å². The first kappa shape index (κ1) is 10.3. The quantitative estimate of drug-likeness (QED) is 0.423. The molecular formula is C12H14N2. The number of nitrogens with two attached hydrogens (primary N) is 1. The van der Waals surface area contributed by atoms with Gasteiger partial charge in [0.25, 0.3) is 0 Å². The van der Waals surface area contributed by atoms with Crippen LogP contribution in [0.4, 0.5) is 0 Å². The van der Waals surface area contributed by atoms with Crippen LogP contribution in [0.25, 0.3) is 6.08 Å². The lowest BCUT2D eigenvalue weighted by atomic mass is 9.93. The minimum atomic E-state index is -0.218. The van der Waals surface area contributed by atoms with Gasteiger partial charge in [0, 0.05) is 0 Å². The first-order valence-electron chi connectivity index (χ1n) is 4.38. The minimum Gasteiger partial charge on any atom is -0.387 e. The third kappa shape index (κ3) is 1.91. The Morgan fingerprint density at radius 1 is 1.36 bits per heavy atom. The van der Waals surface area contributed by atoms with Gasteiger partial charge in [-0.2, -0.15) is 0 Å². The third-order valence-corrected chi connectivity index (χ3v) is 2.12. The van der Waals surface area contributed by atoms with Crippen molar-refractivity contribution in [2.45, 2.75) is 5.92 Å². The molecule has 0 bridgehead atoms. The summed E-state index contributed by atoms with van der Waals surface area (Å²) in [7, 11) is 0. The van der Waals surface area contributed by atoms with E-state index >= 15 is 0 Å². The fourth-order valence-corrected chi connectivity index (χ4v) is 1.40. The van der Waals surface area contributed by atoms with Crippen LogP contribution in [0.2, 0.25) is 0 Å². The van der Waals surface area contributed by atoms with Gasteiger partial charge in [0.15, 0.2) is 0 Å². The molecule has 0 saturated heterocycles. The number of hydrogen-bond donors (Lipinski definition) is 2. The lowest BCUT2D eigenvalue weighted by Gasteiger charge is -2.13. The highest BCUT2D eigenvalue weighted by Gasteiger charge is 2.12. The van der Waals surface area contributed by atoms with Gasteiger partial charge in [-0.05, 0) is 11.1 Å². The summed E-state index contributed by atoms with van der Waals surface area (Å²) in [5, 5.41) is 7.43. The largest absolute Gasteiger partial charge is 0.387 e. The van der Waals surface area contributed by atoms with E-state index in [4.69, 9.17) is 11.1 Å². The number of nitrogens with one attached hydrogen (secondary N) is 1. The zero-order valence-electron chi connectivity index (χ0n) is 8.03. The Bertz CT molecular complexity index is 366. The van der Waals surface area contributed by atoms with Crippen molar-refractivity contribution in [1.82, 2.24) is 0 Å². The van der Waals surface area contributed by atoms with Crippen molar-refractivity contribution in [2.24, 2.45) is 5.73 Å². The maximum Gasteiger partial charge on any atom is 0.102 e. The lowest BCUT2D eigenvalue weighted by Crippen LogP contribution is -2.19. The van der Waals surface area contributed by atoms with Gasteiger partial charge in [0.1, 0.15) is 5.84 Å². The maximum atomic E-state index is 7.43. The van der Waals surface area contributed by atoms with Crippen LogP contribution in [0.15, 0.2) is 43.5 Å². The Morgan fingerprint density at radius 3 is 2.50 bits per heavy atom. The SMILES string of the molecule is C=Cc1ccccc1C(C=C)C(=N)N. The third-order valence-electron chi connectivity index (χ3n) is 2.12. The van der Waals surface area contributed by atoms with Gasteiger partial charge in [-0.15, -0.1) is 6.58 Å². The summed E-state index contributed by atoms with van der Waals surface area (Å²) in [6.07, 6.45) is 3.43. The molecule has 0 fully saturated rings. The molecule has 0 spiro atoms. The molecular weight excluding hydrogens is 172 g/mol. The Hall–Kier alpha value is -1.83. The van der Waals surface area contributed by atoms with Crippen molar-refractivity contribution in [2.75, 3.05) is 0 Å². The predicted octanol–water partition coefficient (Wildman–Crippen LogP) is 2.54. The summed E-state index contributed by atoms with van der Waals surface area (Å²) in [6, 6.07) is 7.73. The van der Waals surface area contributed by atoms with Crippen LogP contribution in [0.1, 0.15) is 17.0 Å². The van der Waals surface area contributed by atoms with E-state index in [9.17, 15) is 0 Å². The number of amidine groups is 1. The first-order valence-corrected chi connectivity index (χ1v) is 4.38. The van der Waals surface area contributed by atoms with Gasteiger partial charge in [0.2, 0.25) is 0 Å². The zero-order chi connectivity index (χ0) is 10.6. The molecule has 1 unspecified atom stereocenters. The van der Waals surface area contributed by atoms with Crippen molar-refractivity contribution >= 4 is 11.9 Å². The average molecular weight is 186 g/mol. The van der Waals surface area contributed by atoms with E-state index in [1.165, 1.54) is 0 Å². The molecule has 0 heterocycles. The van der Waals surface area contributed by atoms with E-state index in [0.717, 1.165) is 11.1 Å². The fourth-order valence-electron chi connectivity index (χ4n) is 1.40. The average Bonchev–Trinajstić information content (AvgIpc) is 2.19. The molecule has 14 heavy (non-hydrogen) atoms. The molecule has 2 heteroatoms. The molecule has 3 N–H and O–H groups in total. The van der Waals surface area contributed by atoms with Crippen LogP contribution in [0.5, 0.6) is 0 Å². The van der Waals surface area contributed by atoms with Crippen LogP contribution in [-0.2, 0) is 0 Å². The molecule has 2 nitrogen and oxygen atoms in total. The highest BCUT2D eigenvalue weighted by atomic mass is 14.7. The molecule has 0 amide bonds. The highest BCUT2D eigenvalue weighted by molar-refractivity contribution is 5.87. The molecule has 1 atom stereocenters. The first-order chi connectivity index (χ1) is 6.70. The molecule has 0 aliphatic heterocycles. The lowest BCUT2D eigenvalue weighted by molar-refractivity contribution is 1.09. The molecule has 0 saturated carbocycles. The topological polar surface area (TPSA) is 49.9 Å². The maximum absolute atomic E-state index is 7.43. The fraction of sp³-hybridized carbons (Fsp3) is 0.0833. The Kier molecular flexibility index (Phi) is 3.24. The predicted molar refractivity (Wildman–Crippen MR) is 61.4 cm³/mol. The number of hydrogen-bond acceptors (Lipinski definition) is 1. The normalized spacial score (nSPS) is 11.7. The monoisotopic (exact) mass is 186 g/mol. The van der Waals surface area contributed by atoms with Crippen molar-refractivity contribution in [3.8, 4) is 0 Å². The van der Waals surface area contributed by atoms with Crippen LogP contribution >= 0.6 is 0 Å². The summed E-state index contributed by atoms with van der Waals surface area (Å²) < 4.78 is 0. The van der Waals surface area contributed by atoms with E-state index in [2.05, 4.69) is 13.2 Å². The molecule has 0 aromatic heterocycles.